The third-order valence-corrected chi connectivity index (χ3v) is 5.32. The molecule has 3 rings (SSSR count). The highest BCUT2D eigenvalue weighted by molar-refractivity contribution is 8.00. The fourth-order valence-electron chi connectivity index (χ4n) is 1.89. The summed E-state index contributed by atoms with van der Waals surface area (Å²) in [6, 6.07) is 0.616. The Morgan fingerprint density at radius 1 is 1.63 bits per heavy atom. The van der Waals surface area contributed by atoms with Crippen molar-refractivity contribution in [2.75, 3.05) is 0 Å². The van der Waals surface area contributed by atoms with Crippen molar-refractivity contribution in [3.8, 4) is 0 Å². The minimum atomic E-state index is -0.898. The first-order chi connectivity index (χ1) is 9.15. The second kappa shape index (κ2) is 4.97. The fraction of sp³-hybridized carbons (Fsp3) is 0.417. The molecule has 19 heavy (non-hydrogen) atoms. The van der Waals surface area contributed by atoms with Gasteiger partial charge in [-0.3, -0.25) is 0 Å². The average molecular weight is 295 g/mol. The van der Waals surface area contributed by atoms with E-state index in [0.717, 1.165) is 10.1 Å². The van der Waals surface area contributed by atoms with Gasteiger partial charge in [-0.05, 0) is 19.8 Å². The van der Waals surface area contributed by atoms with Gasteiger partial charge in [0.25, 0.3) is 0 Å². The van der Waals surface area contributed by atoms with Gasteiger partial charge in [-0.15, -0.1) is 11.3 Å². The van der Waals surface area contributed by atoms with Gasteiger partial charge < -0.3 is 9.67 Å². The molecule has 0 spiro atoms. The normalized spacial score (nSPS) is 14.8. The van der Waals surface area contributed by atoms with Crippen molar-refractivity contribution < 1.29 is 9.90 Å². The van der Waals surface area contributed by atoms with Gasteiger partial charge in [0.2, 0.25) is 0 Å². The summed E-state index contributed by atoms with van der Waals surface area (Å²) in [5, 5.41) is 9.00. The first kappa shape index (κ1) is 12.7. The molecule has 1 N–H and O–H groups in total. The second-order valence-corrected chi connectivity index (χ2v) is 6.73. The predicted octanol–water partition coefficient (Wildman–Crippen LogP) is 2.97. The molecule has 7 heteroatoms. The Morgan fingerprint density at radius 2 is 2.42 bits per heavy atom. The number of thioether (sulfide) groups is 1. The van der Waals surface area contributed by atoms with Gasteiger partial charge in [-0.25, -0.2) is 14.8 Å². The number of imidazole rings is 1. The van der Waals surface area contributed by atoms with Crippen LogP contribution < -0.4 is 0 Å². The highest BCUT2D eigenvalue weighted by Crippen LogP contribution is 2.37. The molecular weight excluding hydrogens is 282 g/mol. The van der Waals surface area contributed by atoms with Gasteiger partial charge in [0.05, 0.1) is 12.0 Å². The topological polar surface area (TPSA) is 68.0 Å². The van der Waals surface area contributed by atoms with E-state index in [9.17, 15) is 4.79 Å². The van der Waals surface area contributed by atoms with E-state index in [1.54, 1.807) is 18.7 Å². The smallest absolute Gasteiger partial charge is 0.347 e. The lowest BCUT2D eigenvalue weighted by molar-refractivity contribution is 0.0701. The van der Waals surface area contributed by atoms with Crippen molar-refractivity contribution in [3.63, 3.8) is 0 Å². The van der Waals surface area contributed by atoms with Gasteiger partial charge in [-0.1, -0.05) is 11.8 Å². The number of hydrogen-bond donors (Lipinski definition) is 1. The maximum atomic E-state index is 11.0. The Labute approximate surface area is 118 Å². The van der Waals surface area contributed by atoms with E-state index in [1.165, 1.54) is 29.9 Å². The summed E-state index contributed by atoms with van der Waals surface area (Å²) in [6.07, 6.45) is 6.22. The van der Waals surface area contributed by atoms with Gasteiger partial charge >= 0.3 is 5.97 Å². The predicted molar refractivity (Wildman–Crippen MR) is 73.9 cm³/mol. The molecule has 1 aliphatic rings. The maximum Gasteiger partial charge on any atom is 0.347 e. The minimum Gasteiger partial charge on any atom is -0.477 e. The molecule has 0 amide bonds. The van der Waals surface area contributed by atoms with E-state index in [1.807, 2.05) is 12.5 Å². The molecule has 2 heterocycles. The molecule has 0 radical (unpaired) electrons. The summed E-state index contributed by atoms with van der Waals surface area (Å²) in [6.45, 7) is 1.73. The largest absolute Gasteiger partial charge is 0.477 e. The fourth-order valence-corrected chi connectivity index (χ4v) is 3.89. The zero-order valence-corrected chi connectivity index (χ0v) is 12.0. The van der Waals surface area contributed by atoms with E-state index in [-0.39, 0.29) is 0 Å². The molecule has 0 unspecified atom stereocenters. The monoisotopic (exact) mass is 295 g/mol. The summed E-state index contributed by atoms with van der Waals surface area (Å²) in [4.78, 5) is 19.8. The van der Waals surface area contributed by atoms with E-state index in [4.69, 9.17) is 5.11 Å². The Balaban J connectivity index is 1.70. The number of nitrogens with zero attached hydrogens (tertiary/aromatic N) is 3. The van der Waals surface area contributed by atoms with E-state index in [0.29, 0.717) is 16.6 Å². The molecule has 5 nitrogen and oxygen atoms in total. The van der Waals surface area contributed by atoms with Crippen LogP contribution in [0, 0.1) is 6.92 Å². The van der Waals surface area contributed by atoms with Crippen LogP contribution in [0.3, 0.4) is 0 Å². The molecule has 0 saturated heterocycles. The van der Waals surface area contributed by atoms with Crippen LogP contribution >= 0.6 is 23.1 Å². The first-order valence-corrected chi connectivity index (χ1v) is 7.79. The highest BCUT2D eigenvalue weighted by Gasteiger charge is 2.25. The van der Waals surface area contributed by atoms with Crippen LogP contribution in [-0.4, -0.2) is 25.6 Å². The Hall–Kier alpha value is -1.34. The van der Waals surface area contributed by atoms with E-state index in [2.05, 4.69) is 14.5 Å². The van der Waals surface area contributed by atoms with Crippen molar-refractivity contribution in [2.24, 2.45) is 0 Å². The number of aryl methyl sites for hydroxylation is 1. The zero-order chi connectivity index (χ0) is 13.4. The number of carboxylic acid groups (broad SMARTS) is 1. The van der Waals surface area contributed by atoms with Crippen molar-refractivity contribution >= 4 is 29.1 Å². The van der Waals surface area contributed by atoms with Gasteiger partial charge in [-0.2, -0.15) is 0 Å². The van der Waals surface area contributed by atoms with Gasteiger partial charge in [0.1, 0.15) is 4.88 Å². The van der Waals surface area contributed by atoms with Crippen LogP contribution in [0.1, 0.15) is 39.9 Å². The van der Waals surface area contributed by atoms with Gasteiger partial charge in [0.15, 0.2) is 4.34 Å². The minimum absolute atomic E-state index is 0.332. The number of aromatic nitrogens is 3. The van der Waals surface area contributed by atoms with Crippen LogP contribution in [0.2, 0.25) is 0 Å². The Kier molecular flexibility index (Phi) is 3.32. The molecule has 100 valence electrons. The van der Waals surface area contributed by atoms with Crippen LogP contribution in [-0.2, 0) is 5.75 Å². The lowest BCUT2D eigenvalue weighted by Gasteiger charge is -2.04. The van der Waals surface area contributed by atoms with E-state index < -0.39 is 5.97 Å². The van der Waals surface area contributed by atoms with Crippen molar-refractivity contribution in [3.05, 3.63) is 28.8 Å². The summed E-state index contributed by atoms with van der Waals surface area (Å²) < 4.78 is 3.02. The molecule has 1 saturated carbocycles. The molecule has 0 bridgehead atoms. The summed E-state index contributed by atoms with van der Waals surface area (Å²) >= 11 is 2.82. The number of hydrogen-bond acceptors (Lipinski definition) is 5. The number of thiazole rings is 1. The molecule has 0 aromatic carbocycles. The van der Waals surface area contributed by atoms with Crippen LogP contribution in [0.5, 0.6) is 0 Å². The van der Waals surface area contributed by atoms with Crippen LogP contribution in [0.25, 0.3) is 0 Å². The lowest BCUT2D eigenvalue weighted by atomic mass is 10.4. The van der Waals surface area contributed by atoms with Crippen LogP contribution in [0.4, 0.5) is 0 Å². The van der Waals surface area contributed by atoms with Crippen molar-refractivity contribution in [2.45, 2.75) is 35.9 Å². The van der Waals surface area contributed by atoms with Crippen molar-refractivity contribution in [1.29, 1.82) is 0 Å². The van der Waals surface area contributed by atoms with E-state index >= 15 is 0 Å². The molecule has 2 aromatic rings. The zero-order valence-electron chi connectivity index (χ0n) is 10.4. The Bertz CT molecular complexity index is 616. The molecule has 0 aliphatic heterocycles. The standard InChI is InChI=1S/C12H13N3O2S2/c1-7-10(11(16)17)19-12(14-7)18-5-9-4-13-6-15(9)8-2-3-8/h4,6,8H,2-3,5H2,1H3,(H,16,17). The number of rotatable bonds is 5. The first-order valence-electron chi connectivity index (χ1n) is 5.99. The maximum absolute atomic E-state index is 11.0. The average Bonchev–Trinajstić information content (AvgIpc) is 2.98. The SMILES string of the molecule is Cc1nc(SCc2cncn2C2CC2)sc1C(=O)O. The summed E-state index contributed by atoms with van der Waals surface area (Å²) in [7, 11) is 0. The summed E-state index contributed by atoms with van der Waals surface area (Å²) in [5.74, 6) is -0.118. The lowest BCUT2D eigenvalue weighted by Crippen LogP contribution is -1.96. The molecular formula is C12H13N3O2S2. The molecule has 2 aromatic heterocycles. The highest BCUT2D eigenvalue weighted by atomic mass is 32.2. The third kappa shape index (κ3) is 2.66. The number of carboxylic acids is 1. The molecule has 1 fully saturated rings. The number of carbonyl (C=O) groups is 1. The quantitative estimate of drug-likeness (QED) is 0.859. The van der Waals surface area contributed by atoms with Gasteiger partial charge in [0, 0.05) is 23.7 Å². The molecule has 0 atom stereocenters. The molecule has 1 aliphatic carbocycles. The Morgan fingerprint density at radius 3 is 3.05 bits per heavy atom. The summed E-state index contributed by atoms with van der Waals surface area (Å²) in [5.41, 5.74) is 1.77. The van der Waals surface area contributed by atoms with Crippen LogP contribution in [0.15, 0.2) is 16.9 Å². The third-order valence-electron chi connectivity index (χ3n) is 3.00. The van der Waals surface area contributed by atoms with Crippen molar-refractivity contribution in [1.82, 2.24) is 14.5 Å². The second-order valence-electron chi connectivity index (χ2n) is 4.51. The number of aromatic carboxylic acids is 1.